The van der Waals surface area contributed by atoms with Crippen LogP contribution in [0.15, 0.2) is 29.2 Å². The molecule has 0 heterocycles. The van der Waals surface area contributed by atoms with Gasteiger partial charge in [-0.05, 0) is 19.1 Å². The third-order valence-electron chi connectivity index (χ3n) is 2.43. The molecular formula is C11H12F3NO6S. The number of para-hydroxylation sites is 1. The zero-order valence-corrected chi connectivity index (χ0v) is 11.9. The van der Waals surface area contributed by atoms with Gasteiger partial charge in [0.25, 0.3) is 0 Å². The third kappa shape index (κ3) is 4.86. The van der Waals surface area contributed by atoms with Crippen LogP contribution in [0.5, 0.6) is 5.75 Å². The van der Waals surface area contributed by atoms with E-state index < -0.39 is 45.1 Å². The molecule has 22 heavy (non-hydrogen) atoms. The molecule has 0 spiro atoms. The van der Waals surface area contributed by atoms with E-state index >= 15 is 0 Å². The Morgan fingerprint density at radius 3 is 2.36 bits per heavy atom. The lowest BCUT2D eigenvalue weighted by molar-refractivity contribution is -0.275. The molecule has 0 bridgehead atoms. The van der Waals surface area contributed by atoms with Crippen molar-refractivity contribution in [1.29, 1.82) is 0 Å². The first-order valence-corrected chi connectivity index (χ1v) is 7.14. The van der Waals surface area contributed by atoms with Crippen LogP contribution in [-0.4, -0.2) is 43.1 Å². The molecule has 0 aromatic heterocycles. The highest BCUT2D eigenvalue weighted by atomic mass is 32.2. The summed E-state index contributed by atoms with van der Waals surface area (Å²) >= 11 is 0. The zero-order chi connectivity index (χ0) is 17.2. The molecule has 1 rings (SSSR count). The number of aliphatic hydroxyl groups is 1. The molecule has 0 aliphatic carbocycles. The van der Waals surface area contributed by atoms with Gasteiger partial charge in [0.15, 0.2) is 5.60 Å². The van der Waals surface area contributed by atoms with E-state index in [-0.39, 0.29) is 0 Å². The van der Waals surface area contributed by atoms with Crippen LogP contribution in [0.2, 0.25) is 0 Å². The van der Waals surface area contributed by atoms with Gasteiger partial charge in [-0.3, -0.25) is 0 Å². The van der Waals surface area contributed by atoms with E-state index in [0.29, 0.717) is 0 Å². The maximum absolute atomic E-state index is 12.2. The van der Waals surface area contributed by atoms with Gasteiger partial charge in [0.05, 0.1) is 6.54 Å². The van der Waals surface area contributed by atoms with Gasteiger partial charge < -0.3 is 14.9 Å². The summed E-state index contributed by atoms with van der Waals surface area (Å²) < 4.78 is 65.9. The average Bonchev–Trinajstić information content (AvgIpc) is 2.35. The van der Waals surface area contributed by atoms with Crippen LogP contribution in [0, 0.1) is 0 Å². The Morgan fingerprint density at radius 1 is 1.32 bits per heavy atom. The highest BCUT2D eigenvalue weighted by Gasteiger charge is 2.35. The molecule has 1 aromatic carbocycles. The topological polar surface area (TPSA) is 113 Å². The highest BCUT2D eigenvalue weighted by molar-refractivity contribution is 7.89. The molecule has 0 aliphatic heterocycles. The Labute approximate surface area is 123 Å². The van der Waals surface area contributed by atoms with Gasteiger partial charge in [-0.1, -0.05) is 12.1 Å². The highest BCUT2D eigenvalue weighted by Crippen LogP contribution is 2.29. The fourth-order valence-corrected chi connectivity index (χ4v) is 2.53. The lowest BCUT2D eigenvalue weighted by atomic mass is 10.1. The van der Waals surface area contributed by atoms with E-state index in [9.17, 15) is 31.5 Å². The monoisotopic (exact) mass is 343 g/mol. The van der Waals surface area contributed by atoms with Crippen LogP contribution < -0.4 is 9.46 Å². The number of hydrogen-bond donors (Lipinski definition) is 3. The van der Waals surface area contributed by atoms with Crippen LogP contribution in [-0.2, 0) is 14.8 Å². The molecule has 3 N–H and O–H groups in total. The molecule has 1 aromatic rings. The number of hydrogen-bond acceptors (Lipinski definition) is 5. The van der Waals surface area contributed by atoms with Crippen molar-refractivity contribution < 1.29 is 41.3 Å². The number of carboxylic acid groups (broad SMARTS) is 1. The van der Waals surface area contributed by atoms with Gasteiger partial charge in [0.1, 0.15) is 10.6 Å². The Kier molecular flexibility index (Phi) is 5.05. The largest absolute Gasteiger partial charge is 0.573 e. The zero-order valence-electron chi connectivity index (χ0n) is 11.1. The minimum absolute atomic E-state index is 0.789. The van der Waals surface area contributed by atoms with Crippen molar-refractivity contribution in [2.75, 3.05) is 6.54 Å². The van der Waals surface area contributed by atoms with Gasteiger partial charge in [0.2, 0.25) is 10.0 Å². The molecule has 1 atom stereocenters. The van der Waals surface area contributed by atoms with E-state index in [1.54, 1.807) is 4.72 Å². The van der Waals surface area contributed by atoms with Gasteiger partial charge in [-0.2, -0.15) is 0 Å². The summed E-state index contributed by atoms with van der Waals surface area (Å²) in [5, 5.41) is 18.1. The lowest BCUT2D eigenvalue weighted by Gasteiger charge is -2.19. The second-order valence-corrected chi connectivity index (χ2v) is 6.13. The van der Waals surface area contributed by atoms with Crippen LogP contribution in [0.25, 0.3) is 0 Å². The SMILES string of the molecule is CC(O)(CNS(=O)(=O)c1ccccc1OC(F)(F)F)C(=O)O. The van der Waals surface area contributed by atoms with E-state index in [4.69, 9.17) is 5.11 Å². The van der Waals surface area contributed by atoms with Crippen LogP contribution in [0.3, 0.4) is 0 Å². The smallest absolute Gasteiger partial charge is 0.479 e. The average molecular weight is 343 g/mol. The lowest BCUT2D eigenvalue weighted by Crippen LogP contribution is -2.46. The quantitative estimate of drug-likeness (QED) is 0.701. The molecule has 0 saturated heterocycles. The number of benzene rings is 1. The van der Waals surface area contributed by atoms with Gasteiger partial charge >= 0.3 is 12.3 Å². The number of nitrogens with one attached hydrogen (secondary N) is 1. The molecule has 0 aliphatic rings. The summed E-state index contributed by atoms with van der Waals surface area (Å²) in [5.74, 6) is -2.67. The maximum Gasteiger partial charge on any atom is 0.573 e. The number of sulfonamides is 1. The number of rotatable bonds is 6. The van der Waals surface area contributed by atoms with Crippen molar-refractivity contribution >= 4 is 16.0 Å². The van der Waals surface area contributed by atoms with Crippen molar-refractivity contribution in [3.63, 3.8) is 0 Å². The summed E-state index contributed by atoms with van der Waals surface area (Å²) in [6.45, 7) is -0.110. The predicted molar refractivity (Wildman–Crippen MR) is 66.6 cm³/mol. The Bertz CT molecular complexity index is 656. The summed E-state index contributed by atoms with van der Waals surface area (Å²) in [5.41, 5.74) is -2.42. The second-order valence-electron chi connectivity index (χ2n) is 4.40. The first-order valence-electron chi connectivity index (χ1n) is 5.65. The molecule has 124 valence electrons. The Hall–Kier alpha value is -1.85. The molecule has 0 fully saturated rings. The summed E-state index contributed by atoms with van der Waals surface area (Å²) in [6, 6.07) is 3.93. The third-order valence-corrected chi connectivity index (χ3v) is 3.87. The minimum Gasteiger partial charge on any atom is -0.479 e. The first kappa shape index (κ1) is 18.2. The van der Waals surface area contributed by atoms with Crippen molar-refractivity contribution in [3.05, 3.63) is 24.3 Å². The van der Waals surface area contributed by atoms with E-state index in [0.717, 1.165) is 31.2 Å². The van der Waals surface area contributed by atoms with Crippen LogP contribution in [0.1, 0.15) is 6.92 Å². The molecule has 0 radical (unpaired) electrons. The molecule has 11 heteroatoms. The van der Waals surface area contributed by atoms with Crippen molar-refractivity contribution in [1.82, 2.24) is 4.72 Å². The fraction of sp³-hybridized carbons (Fsp3) is 0.364. The molecule has 1 unspecified atom stereocenters. The first-order chi connectivity index (χ1) is 9.85. The van der Waals surface area contributed by atoms with E-state index in [1.807, 2.05) is 0 Å². The van der Waals surface area contributed by atoms with Crippen LogP contribution >= 0.6 is 0 Å². The van der Waals surface area contributed by atoms with Gasteiger partial charge in [-0.15, -0.1) is 13.2 Å². The number of carboxylic acids is 1. The normalized spacial score (nSPS) is 15.1. The van der Waals surface area contributed by atoms with Crippen molar-refractivity contribution in [2.24, 2.45) is 0 Å². The summed E-state index contributed by atoms with van der Waals surface area (Å²) in [6.07, 6.45) is -5.10. The van der Waals surface area contributed by atoms with Gasteiger partial charge in [-0.25, -0.2) is 17.9 Å². The van der Waals surface area contributed by atoms with Crippen LogP contribution in [0.4, 0.5) is 13.2 Å². The summed E-state index contributed by atoms with van der Waals surface area (Å²) in [4.78, 5) is 9.83. The molecule has 7 nitrogen and oxygen atoms in total. The van der Waals surface area contributed by atoms with E-state index in [1.165, 1.54) is 0 Å². The standard InChI is InChI=1S/C11H12F3NO6S/c1-10(18,9(16)17)6-15-22(19,20)8-5-3-2-4-7(8)21-11(12,13)14/h2-5,15,18H,6H2,1H3,(H,16,17). The number of alkyl halides is 3. The fourth-order valence-electron chi connectivity index (χ4n) is 1.27. The predicted octanol–water partition coefficient (Wildman–Crippen LogP) is 0.699. The Morgan fingerprint density at radius 2 is 1.86 bits per heavy atom. The van der Waals surface area contributed by atoms with E-state index in [2.05, 4.69) is 4.74 Å². The van der Waals surface area contributed by atoms with Gasteiger partial charge in [0, 0.05) is 0 Å². The van der Waals surface area contributed by atoms with Crippen molar-refractivity contribution in [2.45, 2.75) is 23.8 Å². The number of ether oxygens (including phenoxy) is 1. The number of aliphatic carboxylic acids is 1. The Balaban J connectivity index is 3.06. The minimum atomic E-state index is -5.10. The summed E-state index contributed by atoms with van der Waals surface area (Å²) in [7, 11) is -4.53. The number of halogens is 3. The second kappa shape index (κ2) is 6.10. The van der Waals surface area contributed by atoms with Crippen molar-refractivity contribution in [3.8, 4) is 5.75 Å². The molecular weight excluding hydrogens is 331 g/mol. The number of carbonyl (C=O) groups is 1. The molecule has 0 saturated carbocycles. The molecule has 0 amide bonds. The maximum atomic E-state index is 12.2.